The van der Waals surface area contributed by atoms with Gasteiger partial charge in [-0.05, 0) is 6.07 Å². The first-order valence-corrected chi connectivity index (χ1v) is 5.35. The van der Waals surface area contributed by atoms with Crippen molar-refractivity contribution in [3.8, 4) is 5.75 Å². The van der Waals surface area contributed by atoms with Crippen LogP contribution in [0.15, 0.2) is 34.5 Å². The highest BCUT2D eigenvalue weighted by Gasteiger charge is 2.14. The van der Waals surface area contributed by atoms with Crippen molar-refractivity contribution < 1.29 is 4.74 Å². The summed E-state index contributed by atoms with van der Waals surface area (Å²) >= 11 is 0. The van der Waals surface area contributed by atoms with E-state index >= 15 is 0 Å². The second-order valence-corrected chi connectivity index (χ2v) is 3.76. The maximum absolute atomic E-state index is 12.3. The molecule has 0 aliphatic heterocycles. The number of pyridine rings is 1. The van der Waals surface area contributed by atoms with Gasteiger partial charge in [0.15, 0.2) is 5.65 Å². The van der Waals surface area contributed by atoms with Crippen LogP contribution in [0.2, 0.25) is 0 Å². The van der Waals surface area contributed by atoms with Gasteiger partial charge in [0.2, 0.25) is 0 Å². The van der Waals surface area contributed by atoms with Crippen molar-refractivity contribution in [2.45, 2.75) is 6.54 Å². The number of allylic oxidation sites excluding steroid dienone is 1. The number of rotatable bonds is 3. The molecular weight excluding hydrogens is 234 g/mol. The summed E-state index contributed by atoms with van der Waals surface area (Å²) in [6.07, 6.45) is 3.00. The summed E-state index contributed by atoms with van der Waals surface area (Å²) in [5, 5.41) is 0.295. The van der Waals surface area contributed by atoms with Gasteiger partial charge in [-0.2, -0.15) is 0 Å². The second-order valence-electron chi connectivity index (χ2n) is 3.76. The van der Waals surface area contributed by atoms with Crippen molar-refractivity contribution in [3.63, 3.8) is 0 Å². The lowest BCUT2D eigenvalue weighted by atomic mass is 10.3. The maximum Gasteiger partial charge on any atom is 0.332 e. The van der Waals surface area contributed by atoms with Crippen LogP contribution < -0.4 is 16.0 Å². The number of hydrogen-bond donors (Lipinski definition) is 0. The Hall–Kier alpha value is -2.37. The van der Waals surface area contributed by atoms with Gasteiger partial charge in [0.1, 0.15) is 11.1 Å². The van der Waals surface area contributed by atoms with E-state index in [1.54, 1.807) is 13.1 Å². The summed E-state index contributed by atoms with van der Waals surface area (Å²) in [5.74, 6) is 0.401. The zero-order valence-corrected chi connectivity index (χ0v) is 10.2. The SMILES string of the molecule is C=CCn1c(=O)c2c(OC)ccnc2n(C)c1=O. The van der Waals surface area contributed by atoms with E-state index in [4.69, 9.17) is 4.74 Å². The van der Waals surface area contributed by atoms with Crippen molar-refractivity contribution in [2.24, 2.45) is 7.05 Å². The highest BCUT2D eigenvalue weighted by atomic mass is 16.5. The molecule has 2 aromatic rings. The average Bonchev–Trinajstić information content (AvgIpc) is 2.40. The second kappa shape index (κ2) is 4.48. The van der Waals surface area contributed by atoms with Crippen LogP contribution in [0.1, 0.15) is 0 Å². The molecule has 2 aromatic heterocycles. The molecule has 0 aromatic carbocycles. The van der Waals surface area contributed by atoms with E-state index < -0.39 is 11.2 Å². The molecule has 0 N–H and O–H groups in total. The van der Waals surface area contributed by atoms with E-state index in [-0.39, 0.29) is 6.54 Å². The lowest BCUT2D eigenvalue weighted by Crippen LogP contribution is -2.39. The highest BCUT2D eigenvalue weighted by molar-refractivity contribution is 5.80. The van der Waals surface area contributed by atoms with Crippen LogP contribution in [0.3, 0.4) is 0 Å². The first-order valence-electron chi connectivity index (χ1n) is 5.35. The molecule has 2 rings (SSSR count). The molecule has 0 amide bonds. The van der Waals surface area contributed by atoms with Gasteiger partial charge in [-0.1, -0.05) is 6.08 Å². The Kier molecular flexibility index (Phi) is 3.01. The normalized spacial score (nSPS) is 10.6. The number of ether oxygens (including phenoxy) is 1. The standard InChI is InChI=1S/C12H13N3O3/c1-4-7-15-11(16)9-8(18-3)5-6-13-10(9)14(2)12(15)17/h4-6H,1,7H2,2-3H3. The molecule has 0 bridgehead atoms. The third kappa shape index (κ3) is 1.62. The molecule has 0 radical (unpaired) electrons. The Morgan fingerprint density at radius 2 is 2.22 bits per heavy atom. The van der Waals surface area contributed by atoms with Crippen molar-refractivity contribution in [1.29, 1.82) is 0 Å². The third-order valence-electron chi connectivity index (χ3n) is 2.72. The minimum absolute atomic E-state index is 0.152. The zero-order chi connectivity index (χ0) is 13.3. The van der Waals surface area contributed by atoms with Gasteiger partial charge in [0, 0.05) is 19.8 Å². The smallest absolute Gasteiger partial charge is 0.332 e. The van der Waals surface area contributed by atoms with Gasteiger partial charge in [-0.15, -0.1) is 6.58 Å². The average molecular weight is 247 g/mol. The maximum atomic E-state index is 12.3. The van der Waals surface area contributed by atoms with Crippen LogP contribution in [0.4, 0.5) is 0 Å². The summed E-state index contributed by atoms with van der Waals surface area (Å²) in [7, 11) is 3.04. The van der Waals surface area contributed by atoms with Crippen LogP contribution in [0, 0.1) is 0 Å². The molecule has 0 aliphatic rings. The fourth-order valence-electron chi connectivity index (χ4n) is 1.84. The van der Waals surface area contributed by atoms with Gasteiger partial charge in [-0.25, -0.2) is 9.78 Å². The van der Waals surface area contributed by atoms with Gasteiger partial charge >= 0.3 is 5.69 Å². The third-order valence-corrected chi connectivity index (χ3v) is 2.72. The Morgan fingerprint density at radius 3 is 2.83 bits per heavy atom. The molecule has 6 nitrogen and oxygen atoms in total. The fourth-order valence-corrected chi connectivity index (χ4v) is 1.84. The van der Waals surface area contributed by atoms with Crippen molar-refractivity contribution in [3.05, 3.63) is 45.8 Å². The molecule has 0 unspecified atom stereocenters. The number of aryl methyl sites for hydroxylation is 1. The molecule has 6 heteroatoms. The molecule has 0 fully saturated rings. The molecule has 0 saturated heterocycles. The predicted octanol–water partition coefficient (Wildman–Crippen LogP) is 0.290. The zero-order valence-electron chi connectivity index (χ0n) is 10.2. The molecular formula is C12H13N3O3. The predicted molar refractivity (Wildman–Crippen MR) is 68.0 cm³/mol. The van der Waals surface area contributed by atoms with Crippen molar-refractivity contribution in [1.82, 2.24) is 14.1 Å². The van der Waals surface area contributed by atoms with E-state index in [1.807, 2.05) is 0 Å². The molecule has 0 saturated carbocycles. The first-order chi connectivity index (χ1) is 8.61. The van der Waals surface area contributed by atoms with Crippen molar-refractivity contribution in [2.75, 3.05) is 7.11 Å². The molecule has 0 spiro atoms. The van der Waals surface area contributed by atoms with Crippen LogP contribution >= 0.6 is 0 Å². The lowest BCUT2D eigenvalue weighted by Gasteiger charge is -2.10. The first kappa shape index (κ1) is 12.1. The van der Waals surface area contributed by atoms with Gasteiger partial charge < -0.3 is 4.74 Å². The quantitative estimate of drug-likeness (QED) is 0.731. The summed E-state index contributed by atoms with van der Waals surface area (Å²) < 4.78 is 7.56. The van der Waals surface area contributed by atoms with Gasteiger partial charge in [0.25, 0.3) is 5.56 Å². The van der Waals surface area contributed by atoms with Crippen molar-refractivity contribution >= 4 is 11.0 Å². The van der Waals surface area contributed by atoms with Crippen LogP contribution in [0.25, 0.3) is 11.0 Å². The number of aromatic nitrogens is 3. The van der Waals surface area contributed by atoms with Gasteiger partial charge in [0.05, 0.1) is 7.11 Å². The van der Waals surface area contributed by atoms with Crippen LogP contribution in [-0.2, 0) is 13.6 Å². The number of nitrogens with zero attached hydrogens (tertiary/aromatic N) is 3. The fraction of sp³-hybridized carbons (Fsp3) is 0.250. The molecule has 2 heterocycles. The monoisotopic (exact) mass is 247 g/mol. The molecule has 18 heavy (non-hydrogen) atoms. The van der Waals surface area contributed by atoms with Gasteiger partial charge in [-0.3, -0.25) is 13.9 Å². The Labute approximate surface area is 103 Å². The number of methoxy groups -OCH3 is 1. The van der Waals surface area contributed by atoms with E-state index in [2.05, 4.69) is 11.6 Å². The summed E-state index contributed by atoms with van der Waals surface area (Å²) in [4.78, 5) is 28.3. The molecule has 0 atom stereocenters. The largest absolute Gasteiger partial charge is 0.496 e. The van der Waals surface area contributed by atoms with Crippen LogP contribution in [0.5, 0.6) is 5.75 Å². The Balaban J connectivity index is 3.04. The molecule has 0 aliphatic carbocycles. The van der Waals surface area contributed by atoms with E-state index in [0.29, 0.717) is 16.8 Å². The van der Waals surface area contributed by atoms with Crippen LogP contribution in [-0.4, -0.2) is 21.2 Å². The number of hydrogen-bond acceptors (Lipinski definition) is 4. The molecule has 94 valence electrons. The number of fused-ring (bicyclic) bond motifs is 1. The Bertz CT molecular complexity index is 728. The lowest BCUT2D eigenvalue weighted by molar-refractivity contribution is 0.418. The van der Waals surface area contributed by atoms with E-state index in [1.165, 1.54) is 23.9 Å². The Morgan fingerprint density at radius 1 is 1.50 bits per heavy atom. The van der Waals surface area contributed by atoms with E-state index in [0.717, 1.165) is 4.57 Å². The summed E-state index contributed by atoms with van der Waals surface area (Å²) in [6, 6.07) is 1.59. The highest BCUT2D eigenvalue weighted by Crippen LogP contribution is 2.17. The summed E-state index contributed by atoms with van der Waals surface area (Å²) in [5.41, 5.74) is -0.532. The van der Waals surface area contributed by atoms with E-state index in [9.17, 15) is 9.59 Å². The topological polar surface area (TPSA) is 66.1 Å². The minimum atomic E-state index is -0.423. The summed E-state index contributed by atoms with van der Waals surface area (Å²) in [6.45, 7) is 3.69. The minimum Gasteiger partial charge on any atom is -0.496 e.